The number of ether oxygens (including phenoxy) is 1. The van der Waals surface area contributed by atoms with Gasteiger partial charge in [-0.25, -0.2) is 14.8 Å². The summed E-state index contributed by atoms with van der Waals surface area (Å²) in [5.74, 6) is -1.96. The lowest BCUT2D eigenvalue weighted by Gasteiger charge is -2.28. The number of nitrogens with zero attached hydrogens (tertiary/aromatic N) is 2. The molecule has 0 radical (unpaired) electrons. The van der Waals surface area contributed by atoms with E-state index in [2.05, 4.69) is 0 Å². The standard InChI is InChI=1S/C26H22N2O5S/c1-32-26(31)17-8-12-18(13-9-17)27-24(29)21-22(16-10-14-20(34-2)15-11-16)28(33-23(21)25(27)30)19-6-4-3-5-7-19/h3-15,21-23H,1-2H3/t21-,22-,23+/m0/s1. The van der Waals surface area contributed by atoms with Crippen LogP contribution in [0.5, 0.6) is 0 Å². The zero-order valence-electron chi connectivity index (χ0n) is 18.6. The Kier molecular flexibility index (Phi) is 5.85. The van der Waals surface area contributed by atoms with Gasteiger partial charge in [0.15, 0.2) is 6.10 Å². The highest BCUT2D eigenvalue weighted by Gasteiger charge is 2.60. The van der Waals surface area contributed by atoms with Crippen LogP contribution >= 0.6 is 11.8 Å². The second-order valence-corrected chi connectivity index (χ2v) is 8.86. The van der Waals surface area contributed by atoms with Gasteiger partial charge in [-0.2, -0.15) is 0 Å². The smallest absolute Gasteiger partial charge is 0.337 e. The monoisotopic (exact) mass is 474 g/mol. The van der Waals surface area contributed by atoms with Gasteiger partial charge < -0.3 is 4.74 Å². The molecule has 3 aromatic carbocycles. The van der Waals surface area contributed by atoms with Gasteiger partial charge in [0.05, 0.1) is 30.1 Å². The number of methoxy groups -OCH3 is 1. The summed E-state index contributed by atoms with van der Waals surface area (Å²) in [4.78, 5) is 47.2. The Bertz CT molecular complexity index is 1230. The lowest BCUT2D eigenvalue weighted by molar-refractivity contribution is -0.126. The highest BCUT2D eigenvalue weighted by atomic mass is 32.2. The van der Waals surface area contributed by atoms with Gasteiger partial charge in [0.2, 0.25) is 5.91 Å². The molecule has 3 aromatic rings. The Labute approximate surface area is 201 Å². The van der Waals surface area contributed by atoms with E-state index in [-0.39, 0.29) is 5.91 Å². The van der Waals surface area contributed by atoms with Crippen LogP contribution in [0.15, 0.2) is 83.8 Å². The largest absolute Gasteiger partial charge is 0.465 e. The molecule has 2 heterocycles. The van der Waals surface area contributed by atoms with Crippen LogP contribution in [0.4, 0.5) is 11.4 Å². The van der Waals surface area contributed by atoms with Gasteiger partial charge in [-0.05, 0) is 60.4 Å². The molecule has 2 saturated heterocycles. The minimum Gasteiger partial charge on any atom is -0.465 e. The summed E-state index contributed by atoms with van der Waals surface area (Å²) in [7, 11) is 1.30. The quantitative estimate of drug-likeness (QED) is 0.311. The van der Waals surface area contributed by atoms with Crippen molar-refractivity contribution in [1.82, 2.24) is 0 Å². The van der Waals surface area contributed by atoms with Crippen LogP contribution in [-0.4, -0.2) is 37.3 Å². The summed E-state index contributed by atoms with van der Waals surface area (Å²) in [6, 6.07) is 23.1. The first-order chi connectivity index (χ1) is 16.5. The maximum atomic E-state index is 13.7. The van der Waals surface area contributed by atoms with E-state index in [4.69, 9.17) is 9.57 Å². The van der Waals surface area contributed by atoms with Gasteiger partial charge in [0.25, 0.3) is 5.91 Å². The van der Waals surface area contributed by atoms with Crippen molar-refractivity contribution in [3.63, 3.8) is 0 Å². The van der Waals surface area contributed by atoms with E-state index < -0.39 is 29.9 Å². The van der Waals surface area contributed by atoms with Crippen molar-refractivity contribution in [3.8, 4) is 0 Å². The molecule has 0 aliphatic carbocycles. The van der Waals surface area contributed by atoms with Crippen LogP contribution in [-0.2, 0) is 19.2 Å². The van der Waals surface area contributed by atoms with Crippen molar-refractivity contribution in [2.24, 2.45) is 5.92 Å². The predicted molar refractivity (Wildman–Crippen MR) is 129 cm³/mol. The van der Waals surface area contributed by atoms with E-state index in [0.29, 0.717) is 11.3 Å². The van der Waals surface area contributed by atoms with Crippen LogP contribution in [0.1, 0.15) is 22.0 Å². The highest BCUT2D eigenvalue weighted by Crippen LogP contribution is 2.47. The number of rotatable bonds is 5. The number of esters is 1. The third-order valence-corrected chi connectivity index (χ3v) is 6.87. The number of fused-ring (bicyclic) bond motifs is 1. The van der Waals surface area contributed by atoms with E-state index in [1.54, 1.807) is 29.0 Å². The van der Waals surface area contributed by atoms with Crippen LogP contribution in [0.3, 0.4) is 0 Å². The number of carbonyl (C=O) groups is 3. The molecule has 2 fully saturated rings. The third kappa shape index (κ3) is 3.65. The fourth-order valence-corrected chi connectivity index (χ4v) is 4.88. The first-order valence-corrected chi connectivity index (χ1v) is 12.0. The van der Waals surface area contributed by atoms with Crippen LogP contribution in [0, 0.1) is 5.92 Å². The van der Waals surface area contributed by atoms with Crippen molar-refractivity contribution >= 4 is 40.9 Å². The van der Waals surface area contributed by atoms with Crippen LogP contribution in [0.2, 0.25) is 0 Å². The van der Waals surface area contributed by atoms with Gasteiger partial charge in [0, 0.05) is 4.90 Å². The molecular formula is C26H22N2O5S. The summed E-state index contributed by atoms with van der Waals surface area (Å²) in [6.07, 6.45) is 1.06. The molecular weight excluding hydrogens is 452 g/mol. The molecule has 172 valence electrons. The molecule has 0 spiro atoms. The van der Waals surface area contributed by atoms with Crippen molar-refractivity contribution in [2.75, 3.05) is 23.3 Å². The number of benzene rings is 3. The highest BCUT2D eigenvalue weighted by molar-refractivity contribution is 7.98. The summed E-state index contributed by atoms with van der Waals surface area (Å²) in [5, 5.41) is 1.68. The third-order valence-electron chi connectivity index (χ3n) is 6.13. The normalized spacial score (nSPS) is 21.6. The number of hydrogen-bond acceptors (Lipinski definition) is 7. The molecule has 34 heavy (non-hydrogen) atoms. The van der Waals surface area contributed by atoms with Crippen molar-refractivity contribution in [1.29, 1.82) is 0 Å². The lowest BCUT2D eigenvalue weighted by Crippen LogP contribution is -2.37. The summed E-state index contributed by atoms with van der Waals surface area (Å²) in [6.45, 7) is 0. The zero-order valence-corrected chi connectivity index (χ0v) is 19.4. The molecule has 0 aromatic heterocycles. The van der Waals surface area contributed by atoms with Crippen LogP contribution < -0.4 is 9.96 Å². The fraction of sp³-hybridized carbons (Fsp3) is 0.192. The second kappa shape index (κ2) is 8.96. The Balaban J connectivity index is 1.52. The Morgan fingerprint density at radius 3 is 2.18 bits per heavy atom. The topological polar surface area (TPSA) is 76.2 Å². The molecule has 3 atom stereocenters. The van der Waals surface area contributed by atoms with Gasteiger partial charge >= 0.3 is 5.97 Å². The number of hydroxylamine groups is 1. The predicted octanol–water partition coefficient (Wildman–Crippen LogP) is 4.25. The first-order valence-electron chi connectivity index (χ1n) is 10.7. The number of carbonyl (C=O) groups excluding carboxylic acids is 3. The molecule has 2 amide bonds. The fourth-order valence-electron chi connectivity index (χ4n) is 4.47. The van der Waals surface area contributed by atoms with Crippen molar-refractivity contribution in [2.45, 2.75) is 17.0 Å². The number of anilines is 2. The SMILES string of the molecule is COC(=O)c1ccc(N2C(=O)[C@@H]3[C@@H](ON(c4ccccc4)[C@H]3c3ccc(SC)cc3)C2=O)cc1. The van der Waals surface area contributed by atoms with E-state index in [1.165, 1.54) is 19.2 Å². The van der Waals surface area contributed by atoms with Crippen LogP contribution in [0.25, 0.3) is 0 Å². The molecule has 5 rings (SSSR count). The van der Waals surface area contributed by atoms with Gasteiger partial charge in [-0.1, -0.05) is 30.3 Å². The minimum absolute atomic E-state index is 0.335. The molecule has 0 bridgehead atoms. The summed E-state index contributed by atoms with van der Waals surface area (Å²) < 4.78 is 4.72. The molecule has 0 unspecified atom stereocenters. The first kappa shape index (κ1) is 22.2. The number of para-hydroxylation sites is 1. The summed E-state index contributed by atoms with van der Waals surface area (Å²) in [5.41, 5.74) is 2.39. The number of thioether (sulfide) groups is 1. The molecule has 2 aliphatic heterocycles. The van der Waals surface area contributed by atoms with E-state index >= 15 is 0 Å². The number of amides is 2. The Hall–Kier alpha value is -3.62. The van der Waals surface area contributed by atoms with E-state index in [1.807, 2.05) is 60.9 Å². The maximum Gasteiger partial charge on any atom is 0.337 e. The Morgan fingerprint density at radius 2 is 1.56 bits per heavy atom. The molecule has 0 saturated carbocycles. The summed E-state index contributed by atoms with van der Waals surface area (Å²) >= 11 is 1.63. The Morgan fingerprint density at radius 1 is 0.882 bits per heavy atom. The minimum atomic E-state index is -0.946. The molecule has 8 heteroatoms. The zero-order chi connectivity index (χ0) is 23.8. The molecule has 0 N–H and O–H groups in total. The molecule has 2 aliphatic rings. The maximum absolute atomic E-state index is 13.7. The van der Waals surface area contributed by atoms with E-state index in [0.717, 1.165) is 21.0 Å². The molecule has 7 nitrogen and oxygen atoms in total. The van der Waals surface area contributed by atoms with Crippen molar-refractivity contribution in [3.05, 3.63) is 90.0 Å². The van der Waals surface area contributed by atoms with Gasteiger partial charge in [-0.3, -0.25) is 14.4 Å². The van der Waals surface area contributed by atoms with E-state index in [9.17, 15) is 14.4 Å². The average molecular weight is 475 g/mol. The van der Waals surface area contributed by atoms with Gasteiger partial charge in [-0.15, -0.1) is 11.8 Å². The average Bonchev–Trinajstić information content (AvgIpc) is 3.40. The van der Waals surface area contributed by atoms with Gasteiger partial charge in [0.1, 0.15) is 5.92 Å². The number of imide groups is 1. The second-order valence-electron chi connectivity index (χ2n) is 7.98. The lowest BCUT2D eigenvalue weighted by atomic mass is 9.90. The van der Waals surface area contributed by atoms with Crippen molar-refractivity contribution < 1.29 is 24.0 Å². The number of hydrogen-bond donors (Lipinski definition) is 0.